The van der Waals surface area contributed by atoms with Crippen molar-refractivity contribution in [3.05, 3.63) is 20.8 Å². The van der Waals surface area contributed by atoms with Crippen molar-refractivity contribution in [1.29, 1.82) is 0 Å². The summed E-state index contributed by atoms with van der Waals surface area (Å²) in [4.78, 5) is 39.9. The molecule has 2 heterocycles. The molecule has 3 N–H and O–H groups in total. The number of anilines is 2. The van der Waals surface area contributed by atoms with Crippen molar-refractivity contribution in [3.63, 3.8) is 0 Å². The molecule has 0 aromatic carbocycles. The van der Waals surface area contributed by atoms with E-state index in [0.29, 0.717) is 39.4 Å². The zero-order valence-electron chi connectivity index (χ0n) is 16.3. The molecule has 1 aromatic heterocycles. The Balaban J connectivity index is 2.42. The van der Waals surface area contributed by atoms with Crippen LogP contribution in [0.3, 0.4) is 0 Å². The molecular formula is C18H31N5O4. The van der Waals surface area contributed by atoms with E-state index in [1.54, 1.807) is 0 Å². The molecule has 0 aliphatic carbocycles. The van der Waals surface area contributed by atoms with E-state index in [9.17, 15) is 14.4 Å². The van der Waals surface area contributed by atoms with Crippen molar-refractivity contribution >= 4 is 17.4 Å². The Hall–Kier alpha value is -2.29. The van der Waals surface area contributed by atoms with Crippen LogP contribution in [-0.4, -0.2) is 47.9 Å². The maximum atomic E-state index is 13.0. The Morgan fingerprint density at radius 2 is 1.78 bits per heavy atom. The molecule has 0 saturated carbocycles. The molecule has 2 rings (SSSR count). The second-order valence-electron chi connectivity index (χ2n) is 6.72. The summed E-state index contributed by atoms with van der Waals surface area (Å²) in [5.41, 5.74) is 5.46. The van der Waals surface area contributed by atoms with Crippen LogP contribution in [0, 0.1) is 0 Å². The molecule has 0 spiro atoms. The van der Waals surface area contributed by atoms with Gasteiger partial charge >= 0.3 is 5.69 Å². The highest BCUT2D eigenvalue weighted by molar-refractivity contribution is 5.76. The van der Waals surface area contributed by atoms with E-state index in [1.165, 1.54) is 4.57 Å². The molecule has 1 aliphatic heterocycles. The van der Waals surface area contributed by atoms with Gasteiger partial charge in [-0.25, -0.2) is 9.36 Å². The van der Waals surface area contributed by atoms with Gasteiger partial charge in [0.2, 0.25) is 5.91 Å². The van der Waals surface area contributed by atoms with E-state index in [2.05, 4.69) is 5.32 Å². The van der Waals surface area contributed by atoms with Crippen molar-refractivity contribution in [3.8, 4) is 0 Å². The van der Waals surface area contributed by atoms with Gasteiger partial charge < -0.3 is 20.7 Å². The summed E-state index contributed by atoms with van der Waals surface area (Å²) < 4.78 is 7.76. The number of nitrogens with two attached hydrogens (primary N) is 1. The molecule has 27 heavy (non-hydrogen) atoms. The Morgan fingerprint density at radius 1 is 1.11 bits per heavy atom. The molecule has 1 fully saturated rings. The molecule has 0 radical (unpaired) electrons. The van der Waals surface area contributed by atoms with Gasteiger partial charge in [0.15, 0.2) is 0 Å². The normalized spacial score (nSPS) is 14.4. The van der Waals surface area contributed by atoms with Gasteiger partial charge in [-0.05, 0) is 12.8 Å². The van der Waals surface area contributed by atoms with Crippen LogP contribution in [0.15, 0.2) is 9.59 Å². The fourth-order valence-electron chi connectivity index (χ4n) is 3.06. The first-order valence-electron chi connectivity index (χ1n) is 9.73. The molecule has 1 saturated heterocycles. The highest BCUT2D eigenvalue weighted by Gasteiger charge is 2.24. The number of hydrogen-bond acceptors (Lipinski definition) is 6. The average Bonchev–Trinajstić information content (AvgIpc) is 2.66. The Labute approximate surface area is 159 Å². The lowest BCUT2D eigenvalue weighted by Crippen LogP contribution is -2.49. The lowest BCUT2D eigenvalue weighted by Gasteiger charge is -2.30. The number of rotatable bonds is 9. The van der Waals surface area contributed by atoms with Crippen molar-refractivity contribution in [2.45, 2.75) is 52.6 Å². The van der Waals surface area contributed by atoms with Crippen LogP contribution in [0.25, 0.3) is 0 Å². The second-order valence-corrected chi connectivity index (χ2v) is 6.72. The number of amides is 1. The molecule has 1 aromatic rings. The van der Waals surface area contributed by atoms with E-state index in [1.807, 2.05) is 18.7 Å². The Morgan fingerprint density at radius 3 is 2.41 bits per heavy atom. The highest BCUT2D eigenvalue weighted by atomic mass is 16.5. The number of aromatic nitrogens is 2. The third-order valence-electron chi connectivity index (χ3n) is 4.66. The van der Waals surface area contributed by atoms with Gasteiger partial charge in [-0.2, -0.15) is 0 Å². The number of morpholine rings is 1. The number of nitrogens with one attached hydrogen (secondary N) is 1. The second kappa shape index (κ2) is 10.1. The SMILES string of the molecule is CCCCNC(=O)Cn1c(=O)c(N2CCOCC2)c(N)n(CCCC)c1=O. The largest absolute Gasteiger partial charge is 0.383 e. The number of nitrogen functional groups attached to an aromatic ring is 1. The van der Waals surface area contributed by atoms with Crippen molar-refractivity contribution in [2.75, 3.05) is 43.5 Å². The van der Waals surface area contributed by atoms with E-state index in [0.717, 1.165) is 30.3 Å². The number of carbonyl (C=O) groups excluding carboxylic acids is 1. The minimum absolute atomic E-state index is 0.169. The number of unbranched alkanes of at least 4 members (excludes halogenated alkanes) is 2. The van der Waals surface area contributed by atoms with Crippen LogP contribution in [0.1, 0.15) is 39.5 Å². The van der Waals surface area contributed by atoms with Gasteiger partial charge in [0, 0.05) is 26.2 Å². The minimum Gasteiger partial charge on any atom is -0.383 e. The summed E-state index contributed by atoms with van der Waals surface area (Å²) >= 11 is 0. The molecule has 152 valence electrons. The predicted molar refractivity (Wildman–Crippen MR) is 105 cm³/mol. The minimum atomic E-state index is -0.534. The summed E-state index contributed by atoms with van der Waals surface area (Å²) in [6.45, 7) is 6.71. The van der Waals surface area contributed by atoms with Crippen molar-refractivity contribution in [1.82, 2.24) is 14.5 Å². The van der Waals surface area contributed by atoms with Gasteiger partial charge in [0.25, 0.3) is 5.56 Å². The summed E-state index contributed by atoms with van der Waals surface area (Å²) in [5, 5.41) is 2.75. The van der Waals surface area contributed by atoms with Crippen LogP contribution >= 0.6 is 0 Å². The van der Waals surface area contributed by atoms with Crippen LogP contribution in [0.2, 0.25) is 0 Å². The van der Waals surface area contributed by atoms with E-state index in [4.69, 9.17) is 10.5 Å². The maximum Gasteiger partial charge on any atom is 0.333 e. The maximum absolute atomic E-state index is 13.0. The number of nitrogens with zero attached hydrogens (tertiary/aromatic N) is 3. The van der Waals surface area contributed by atoms with Crippen LogP contribution in [0.5, 0.6) is 0 Å². The first kappa shape index (κ1) is 21.0. The number of carbonyl (C=O) groups is 1. The molecule has 1 aliphatic rings. The van der Waals surface area contributed by atoms with Gasteiger partial charge in [-0.15, -0.1) is 0 Å². The van der Waals surface area contributed by atoms with E-state index >= 15 is 0 Å². The fraction of sp³-hybridized carbons (Fsp3) is 0.722. The predicted octanol–water partition coefficient (Wildman–Crippen LogP) is 0.145. The lowest BCUT2D eigenvalue weighted by molar-refractivity contribution is -0.121. The summed E-state index contributed by atoms with van der Waals surface area (Å²) in [6, 6.07) is 0. The lowest BCUT2D eigenvalue weighted by atomic mass is 10.3. The monoisotopic (exact) mass is 381 g/mol. The van der Waals surface area contributed by atoms with Gasteiger partial charge in [-0.3, -0.25) is 14.2 Å². The summed E-state index contributed by atoms with van der Waals surface area (Å²) in [5.74, 6) is -0.176. The van der Waals surface area contributed by atoms with Crippen LogP contribution in [-0.2, 0) is 22.6 Å². The van der Waals surface area contributed by atoms with Gasteiger partial charge in [0.1, 0.15) is 18.1 Å². The first-order chi connectivity index (χ1) is 13.0. The van der Waals surface area contributed by atoms with Crippen LogP contribution in [0.4, 0.5) is 11.5 Å². The average molecular weight is 381 g/mol. The van der Waals surface area contributed by atoms with Crippen molar-refractivity contribution < 1.29 is 9.53 Å². The highest BCUT2D eigenvalue weighted by Crippen LogP contribution is 2.18. The molecule has 0 atom stereocenters. The number of hydrogen-bond donors (Lipinski definition) is 2. The van der Waals surface area contributed by atoms with E-state index < -0.39 is 11.2 Å². The molecular weight excluding hydrogens is 350 g/mol. The fourth-order valence-corrected chi connectivity index (χ4v) is 3.06. The molecule has 9 heteroatoms. The van der Waals surface area contributed by atoms with Crippen molar-refractivity contribution in [2.24, 2.45) is 0 Å². The van der Waals surface area contributed by atoms with Gasteiger partial charge in [-0.1, -0.05) is 26.7 Å². The molecule has 1 amide bonds. The third kappa shape index (κ3) is 5.12. The summed E-state index contributed by atoms with van der Waals surface area (Å²) in [6.07, 6.45) is 3.44. The van der Waals surface area contributed by atoms with Crippen LogP contribution < -0.4 is 27.2 Å². The molecule has 0 bridgehead atoms. The van der Waals surface area contributed by atoms with E-state index in [-0.39, 0.29) is 24.0 Å². The quantitative estimate of drug-likeness (QED) is 0.589. The standard InChI is InChI=1S/C18H31N5O4/c1-3-5-7-20-14(24)13-23-17(25)15(21-9-11-27-12-10-21)16(19)22(18(23)26)8-6-4-2/h3-13,19H2,1-2H3,(H,20,24). The Bertz CT molecular complexity index is 749. The molecule has 0 unspecified atom stereocenters. The third-order valence-corrected chi connectivity index (χ3v) is 4.66. The topological polar surface area (TPSA) is 112 Å². The zero-order valence-corrected chi connectivity index (χ0v) is 16.3. The summed E-state index contributed by atoms with van der Waals surface area (Å²) in [7, 11) is 0. The molecule has 9 nitrogen and oxygen atoms in total. The smallest absolute Gasteiger partial charge is 0.333 e. The number of ether oxygens (including phenoxy) is 1. The zero-order chi connectivity index (χ0) is 19.8. The van der Waals surface area contributed by atoms with Gasteiger partial charge in [0.05, 0.1) is 13.2 Å². The first-order valence-corrected chi connectivity index (χ1v) is 9.73. The Kier molecular flexibility index (Phi) is 7.90.